The highest BCUT2D eigenvalue weighted by Gasteiger charge is 2.19. The van der Waals surface area contributed by atoms with Crippen molar-refractivity contribution in [1.82, 2.24) is 0 Å². The number of aryl methyl sites for hydroxylation is 1. The van der Waals surface area contributed by atoms with Crippen molar-refractivity contribution in [3.8, 4) is 0 Å². The minimum atomic E-state index is -0.562. The minimum Gasteiger partial charge on any atom is -0.456 e. The third-order valence-electron chi connectivity index (χ3n) is 3.15. The van der Waals surface area contributed by atoms with Crippen LogP contribution in [-0.2, 0) is 4.74 Å². The van der Waals surface area contributed by atoms with Gasteiger partial charge < -0.3 is 4.74 Å². The lowest BCUT2D eigenvalue weighted by Gasteiger charge is -2.19. The van der Waals surface area contributed by atoms with Crippen molar-refractivity contribution in [2.45, 2.75) is 33.3 Å². The molecule has 0 aliphatic heterocycles. The summed E-state index contributed by atoms with van der Waals surface area (Å²) >= 11 is 0. The van der Waals surface area contributed by atoms with E-state index >= 15 is 0 Å². The van der Waals surface area contributed by atoms with E-state index in [1.165, 1.54) is 0 Å². The Morgan fingerprint density at radius 3 is 2.18 bits per heavy atom. The summed E-state index contributed by atoms with van der Waals surface area (Å²) in [7, 11) is 0. The zero-order valence-corrected chi connectivity index (χ0v) is 13.3. The van der Waals surface area contributed by atoms with Crippen LogP contribution >= 0.6 is 0 Å². The maximum Gasteiger partial charge on any atom is 0.338 e. The van der Waals surface area contributed by atoms with Gasteiger partial charge in [-0.3, -0.25) is 4.79 Å². The van der Waals surface area contributed by atoms with Crippen LogP contribution in [-0.4, -0.2) is 17.4 Å². The third-order valence-corrected chi connectivity index (χ3v) is 3.15. The first-order chi connectivity index (χ1) is 10.3. The summed E-state index contributed by atoms with van der Waals surface area (Å²) in [4.78, 5) is 24.7. The van der Waals surface area contributed by atoms with Crippen LogP contribution in [0.2, 0.25) is 0 Å². The van der Waals surface area contributed by atoms with Crippen LogP contribution in [0.15, 0.2) is 48.5 Å². The Morgan fingerprint density at radius 1 is 0.909 bits per heavy atom. The number of hydrogen-bond acceptors (Lipinski definition) is 3. The van der Waals surface area contributed by atoms with Gasteiger partial charge in [-0.2, -0.15) is 0 Å². The molecule has 0 saturated carbocycles. The zero-order valence-electron chi connectivity index (χ0n) is 13.3. The van der Waals surface area contributed by atoms with Crippen molar-refractivity contribution >= 4 is 11.8 Å². The van der Waals surface area contributed by atoms with E-state index in [1.807, 2.05) is 45.9 Å². The number of carbonyl (C=O) groups is 2. The summed E-state index contributed by atoms with van der Waals surface area (Å²) in [6, 6.07) is 14.1. The average Bonchev–Trinajstić information content (AvgIpc) is 2.45. The molecule has 114 valence electrons. The maximum atomic E-state index is 12.6. The van der Waals surface area contributed by atoms with Crippen LogP contribution in [0, 0.1) is 6.92 Å². The van der Waals surface area contributed by atoms with Crippen molar-refractivity contribution < 1.29 is 14.3 Å². The predicted octanol–water partition coefficient (Wildman–Crippen LogP) is 4.18. The van der Waals surface area contributed by atoms with Gasteiger partial charge in [0.1, 0.15) is 5.60 Å². The van der Waals surface area contributed by atoms with E-state index in [-0.39, 0.29) is 5.78 Å². The van der Waals surface area contributed by atoms with Gasteiger partial charge in [0, 0.05) is 11.1 Å². The summed E-state index contributed by atoms with van der Waals surface area (Å²) in [5.74, 6) is -0.518. The lowest BCUT2D eigenvalue weighted by atomic mass is 9.98. The predicted molar refractivity (Wildman–Crippen MR) is 86.2 cm³/mol. The van der Waals surface area contributed by atoms with Gasteiger partial charge in [-0.1, -0.05) is 36.4 Å². The number of esters is 1. The van der Waals surface area contributed by atoms with Crippen molar-refractivity contribution in [2.24, 2.45) is 0 Å². The number of benzene rings is 2. The second-order valence-corrected chi connectivity index (χ2v) is 6.23. The second-order valence-electron chi connectivity index (χ2n) is 6.23. The first kappa shape index (κ1) is 16.0. The molecule has 0 radical (unpaired) electrons. The molecule has 0 heterocycles. The number of rotatable bonds is 3. The zero-order chi connectivity index (χ0) is 16.3. The van der Waals surface area contributed by atoms with E-state index in [9.17, 15) is 9.59 Å². The van der Waals surface area contributed by atoms with Crippen molar-refractivity contribution in [3.63, 3.8) is 0 Å². The highest BCUT2D eigenvalue weighted by Crippen LogP contribution is 2.17. The quantitative estimate of drug-likeness (QED) is 0.630. The van der Waals surface area contributed by atoms with Crippen LogP contribution in [0.5, 0.6) is 0 Å². The molecule has 2 rings (SSSR count). The van der Waals surface area contributed by atoms with Gasteiger partial charge in [0.15, 0.2) is 5.78 Å². The van der Waals surface area contributed by atoms with Crippen LogP contribution < -0.4 is 0 Å². The van der Waals surface area contributed by atoms with Crippen molar-refractivity contribution in [3.05, 3.63) is 70.8 Å². The molecule has 22 heavy (non-hydrogen) atoms. The van der Waals surface area contributed by atoms with E-state index in [0.717, 1.165) is 5.56 Å². The molecule has 3 heteroatoms. The average molecular weight is 296 g/mol. The second kappa shape index (κ2) is 6.14. The van der Waals surface area contributed by atoms with Gasteiger partial charge in [0.2, 0.25) is 0 Å². The number of carbonyl (C=O) groups excluding carboxylic acids is 2. The van der Waals surface area contributed by atoms with E-state index in [1.54, 1.807) is 30.3 Å². The Hall–Kier alpha value is -2.42. The maximum absolute atomic E-state index is 12.6. The van der Waals surface area contributed by atoms with Crippen LogP contribution in [0.4, 0.5) is 0 Å². The molecule has 0 aliphatic carbocycles. The molecule has 2 aromatic carbocycles. The summed E-state index contributed by atoms with van der Waals surface area (Å²) in [6.07, 6.45) is 0. The first-order valence-corrected chi connectivity index (χ1v) is 7.22. The first-order valence-electron chi connectivity index (χ1n) is 7.22. The Labute approximate surface area is 130 Å². The molecular formula is C19H20O3. The normalized spacial score (nSPS) is 11.1. The molecular weight excluding hydrogens is 276 g/mol. The fraction of sp³-hybridized carbons (Fsp3) is 0.263. The van der Waals surface area contributed by atoms with E-state index < -0.39 is 11.6 Å². The third kappa shape index (κ3) is 3.82. The molecule has 2 aromatic rings. The van der Waals surface area contributed by atoms with E-state index in [4.69, 9.17) is 4.74 Å². The molecule has 0 aromatic heterocycles. The highest BCUT2D eigenvalue weighted by atomic mass is 16.6. The van der Waals surface area contributed by atoms with Gasteiger partial charge >= 0.3 is 5.97 Å². The van der Waals surface area contributed by atoms with Gasteiger partial charge in [-0.25, -0.2) is 4.79 Å². The van der Waals surface area contributed by atoms with Crippen molar-refractivity contribution in [1.29, 1.82) is 0 Å². The number of hydrogen-bond donors (Lipinski definition) is 0. The van der Waals surface area contributed by atoms with Gasteiger partial charge in [0.05, 0.1) is 5.56 Å². The standard InChI is InChI=1S/C19H20O3/c1-13-8-5-6-11-16(13)17(20)14-9-7-10-15(12-14)18(21)22-19(2,3)4/h5-12H,1-4H3. The smallest absolute Gasteiger partial charge is 0.338 e. The van der Waals surface area contributed by atoms with Crippen LogP contribution in [0.25, 0.3) is 0 Å². The molecule has 0 unspecified atom stereocenters. The molecule has 3 nitrogen and oxygen atoms in total. The van der Waals surface area contributed by atoms with Gasteiger partial charge in [0.25, 0.3) is 0 Å². The van der Waals surface area contributed by atoms with Gasteiger partial charge in [-0.15, -0.1) is 0 Å². The molecule has 0 spiro atoms. The summed E-state index contributed by atoms with van der Waals surface area (Å²) in [6.45, 7) is 7.33. The van der Waals surface area contributed by atoms with Crippen LogP contribution in [0.1, 0.15) is 52.6 Å². The van der Waals surface area contributed by atoms with Gasteiger partial charge in [-0.05, 0) is 45.4 Å². The molecule has 0 aliphatic rings. The fourth-order valence-corrected chi connectivity index (χ4v) is 2.11. The van der Waals surface area contributed by atoms with Crippen LogP contribution in [0.3, 0.4) is 0 Å². The lowest BCUT2D eigenvalue weighted by Crippen LogP contribution is -2.24. The van der Waals surface area contributed by atoms with Crippen molar-refractivity contribution in [2.75, 3.05) is 0 Å². The molecule has 0 amide bonds. The largest absolute Gasteiger partial charge is 0.456 e. The summed E-state index contributed by atoms with van der Waals surface area (Å²) < 4.78 is 5.34. The Balaban J connectivity index is 2.31. The molecule has 0 atom stereocenters. The number of ketones is 1. The summed E-state index contributed by atoms with van der Waals surface area (Å²) in [5.41, 5.74) is 1.86. The Kier molecular flexibility index (Phi) is 4.45. The molecule has 0 N–H and O–H groups in total. The SMILES string of the molecule is Cc1ccccc1C(=O)c1cccc(C(=O)OC(C)(C)C)c1. The topological polar surface area (TPSA) is 43.4 Å². The van der Waals surface area contributed by atoms with E-state index in [2.05, 4.69) is 0 Å². The fourth-order valence-electron chi connectivity index (χ4n) is 2.11. The molecule has 0 bridgehead atoms. The Morgan fingerprint density at radius 2 is 1.55 bits per heavy atom. The molecule has 0 fully saturated rings. The molecule has 0 saturated heterocycles. The number of ether oxygens (including phenoxy) is 1. The minimum absolute atomic E-state index is 0.0940. The highest BCUT2D eigenvalue weighted by molar-refractivity contribution is 6.10. The van der Waals surface area contributed by atoms with E-state index in [0.29, 0.717) is 16.7 Å². The lowest BCUT2D eigenvalue weighted by molar-refractivity contribution is 0.00695. The monoisotopic (exact) mass is 296 g/mol. The summed E-state index contributed by atoms with van der Waals surface area (Å²) in [5, 5.41) is 0. The Bertz CT molecular complexity index is 709.